The Labute approximate surface area is 120 Å². The smallest absolute Gasteiger partial charge is 0.257 e. The summed E-state index contributed by atoms with van der Waals surface area (Å²) < 4.78 is 0. The average Bonchev–Trinajstić information content (AvgIpc) is 2.81. The Kier molecular flexibility index (Phi) is 4.07. The molecular weight excluding hydrogens is 282 g/mol. The van der Waals surface area contributed by atoms with E-state index in [9.17, 15) is 4.79 Å². The lowest BCUT2D eigenvalue weighted by atomic mass is 10.2. The van der Waals surface area contributed by atoms with Crippen LogP contribution in [0.4, 0.5) is 10.8 Å². The van der Waals surface area contributed by atoms with Gasteiger partial charge in [-0.3, -0.25) is 10.1 Å². The topological polar surface area (TPSA) is 68.0 Å². The number of rotatable bonds is 3. The van der Waals surface area contributed by atoms with Crippen LogP contribution in [0.3, 0.4) is 0 Å². The van der Waals surface area contributed by atoms with Crippen molar-refractivity contribution in [2.45, 2.75) is 19.8 Å². The Morgan fingerprint density at radius 3 is 2.79 bits per heavy atom. The number of anilines is 2. The molecule has 0 spiro atoms. The van der Waals surface area contributed by atoms with Gasteiger partial charge in [0.2, 0.25) is 0 Å². The first-order valence-electron chi connectivity index (χ1n) is 5.79. The van der Waals surface area contributed by atoms with Gasteiger partial charge in [-0.1, -0.05) is 25.4 Å². The van der Waals surface area contributed by atoms with Crippen LogP contribution in [0, 0.1) is 0 Å². The number of hydrogen-bond acceptors (Lipinski definition) is 4. The van der Waals surface area contributed by atoms with Crippen LogP contribution in [-0.4, -0.2) is 10.9 Å². The molecule has 0 aliphatic heterocycles. The Morgan fingerprint density at radius 2 is 2.21 bits per heavy atom. The lowest BCUT2D eigenvalue weighted by Crippen LogP contribution is -2.12. The number of nitrogen functional groups attached to an aromatic ring is 1. The van der Waals surface area contributed by atoms with E-state index in [2.05, 4.69) is 24.1 Å². The molecule has 0 bridgehead atoms. The highest BCUT2D eigenvalue weighted by atomic mass is 35.5. The molecule has 0 fully saturated rings. The predicted molar refractivity (Wildman–Crippen MR) is 80.0 cm³/mol. The molecule has 0 unspecified atom stereocenters. The third-order valence-electron chi connectivity index (χ3n) is 2.60. The molecule has 100 valence electrons. The molecule has 4 nitrogen and oxygen atoms in total. The Morgan fingerprint density at radius 1 is 1.47 bits per heavy atom. The van der Waals surface area contributed by atoms with Gasteiger partial charge in [0.1, 0.15) is 0 Å². The number of amides is 1. The first-order valence-corrected chi connectivity index (χ1v) is 7.05. The van der Waals surface area contributed by atoms with Gasteiger partial charge >= 0.3 is 0 Å². The minimum Gasteiger partial charge on any atom is -0.398 e. The SMILES string of the molecule is CC(C)c1csc(NC(=O)c2ccc(N)c(Cl)c2)n1. The summed E-state index contributed by atoms with van der Waals surface area (Å²) in [6, 6.07) is 4.79. The molecule has 1 heterocycles. The molecular formula is C13H14ClN3OS. The van der Waals surface area contributed by atoms with Gasteiger partial charge in [-0.05, 0) is 24.1 Å². The van der Waals surface area contributed by atoms with Crippen molar-refractivity contribution in [3.8, 4) is 0 Å². The number of nitrogens with two attached hydrogens (primary N) is 1. The van der Waals surface area contributed by atoms with E-state index in [4.69, 9.17) is 17.3 Å². The molecule has 0 aliphatic carbocycles. The first kappa shape index (κ1) is 13.8. The number of nitrogens with one attached hydrogen (secondary N) is 1. The minimum atomic E-state index is -0.244. The first-order chi connectivity index (χ1) is 8.97. The normalized spacial score (nSPS) is 10.7. The molecule has 0 atom stereocenters. The van der Waals surface area contributed by atoms with Crippen LogP contribution in [0.1, 0.15) is 35.8 Å². The highest BCUT2D eigenvalue weighted by Crippen LogP contribution is 2.23. The van der Waals surface area contributed by atoms with Crippen LogP contribution in [0.25, 0.3) is 0 Å². The van der Waals surface area contributed by atoms with Gasteiger partial charge in [0.15, 0.2) is 5.13 Å². The number of carbonyl (C=O) groups excluding carboxylic acids is 1. The van der Waals surface area contributed by atoms with Crippen LogP contribution in [0.15, 0.2) is 23.6 Å². The Bertz CT molecular complexity index is 610. The van der Waals surface area contributed by atoms with Gasteiger partial charge in [-0.2, -0.15) is 0 Å². The number of thiazole rings is 1. The number of halogens is 1. The lowest BCUT2D eigenvalue weighted by molar-refractivity contribution is 0.102. The van der Waals surface area contributed by atoms with Crippen LogP contribution >= 0.6 is 22.9 Å². The van der Waals surface area contributed by atoms with E-state index >= 15 is 0 Å². The minimum absolute atomic E-state index is 0.244. The van der Waals surface area contributed by atoms with Crippen molar-refractivity contribution in [2.75, 3.05) is 11.1 Å². The maximum atomic E-state index is 12.0. The summed E-state index contributed by atoms with van der Waals surface area (Å²) in [6.45, 7) is 4.11. The van der Waals surface area contributed by atoms with Crippen molar-refractivity contribution in [3.63, 3.8) is 0 Å². The van der Waals surface area contributed by atoms with Crippen molar-refractivity contribution in [2.24, 2.45) is 0 Å². The maximum Gasteiger partial charge on any atom is 0.257 e. The second-order valence-electron chi connectivity index (χ2n) is 4.42. The summed E-state index contributed by atoms with van der Waals surface area (Å²) in [6.07, 6.45) is 0. The number of benzene rings is 1. The zero-order valence-corrected chi connectivity index (χ0v) is 12.2. The van der Waals surface area contributed by atoms with E-state index < -0.39 is 0 Å². The molecule has 2 aromatic rings. The molecule has 0 saturated heterocycles. The molecule has 1 aromatic heterocycles. The molecule has 1 aromatic carbocycles. The van der Waals surface area contributed by atoms with Gasteiger partial charge in [0.05, 0.1) is 16.4 Å². The van der Waals surface area contributed by atoms with Crippen molar-refractivity contribution in [3.05, 3.63) is 39.9 Å². The zero-order chi connectivity index (χ0) is 14.0. The van der Waals surface area contributed by atoms with Gasteiger partial charge in [-0.15, -0.1) is 11.3 Å². The van der Waals surface area contributed by atoms with E-state index in [-0.39, 0.29) is 5.91 Å². The summed E-state index contributed by atoms with van der Waals surface area (Å²) in [5, 5.41) is 5.64. The quantitative estimate of drug-likeness (QED) is 0.847. The second kappa shape index (κ2) is 5.59. The standard InChI is InChI=1S/C13H14ClN3OS/c1-7(2)11-6-19-13(16-11)17-12(18)8-3-4-10(15)9(14)5-8/h3-7H,15H2,1-2H3,(H,16,17,18). The third-order valence-corrected chi connectivity index (χ3v) is 3.70. The van der Waals surface area contributed by atoms with Crippen LogP contribution < -0.4 is 11.1 Å². The van der Waals surface area contributed by atoms with E-state index in [1.54, 1.807) is 18.2 Å². The van der Waals surface area contributed by atoms with Crippen LogP contribution in [-0.2, 0) is 0 Å². The second-order valence-corrected chi connectivity index (χ2v) is 5.69. The lowest BCUT2D eigenvalue weighted by Gasteiger charge is -2.04. The summed E-state index contributed by atoms with van der Waals surface area (Å²) in [4.78, 5) is 16.4. The zero-order valence-electron chi connectivity index (χ0n) is 10.6. The molecule has 1 amide bonds. The molecule has 0 radical (unpaired) electrons. The monoisotopic (exact) mass is 295 g/mol. The van der Waals surface area contributed by atoms with E-state index in [1.165, 1.54) is 11.3 Å². The molecule has 2 rings (SSSR count). The van der Waals surface area contributed by atoms with Crippen molar-refractivity contribution >= 4 is 39.7 Å². The van der Waals surface area contributed by atoms with E-state index in [0.29, 0.717) is 27.3 Å². The van der Waals surface area contributed by atoms with E-state index in [1.807, 2.05) is 5.38 Å². The van der Waals surface area contributed by atoms with Crippen molar-refractivity contribution in [1.29, 1.82) is 0 Å². The fraction of sp³-hybridized carbons (Fsp3) is 0.231. The maximum absolute atomic E-state index is 12.0. The molecule has 0 aliphatic rings. The van der Waals surface area contributed by atoms with Crippen LogP contribution in [0.2, 0.25) is 5.02 Å². The molecule has 0 saturated carbocycles. The predicted octanol–water partition coefficient (Wildman–Crippen LogP) is 3.75. The van der Waals surface area contributed by atoms with Gasteiger partial charge in [0.25, 0.3) is 5.91 Å². The Balaban J connectivity index is 2.13. The van der Waals surface area contributed by atoms with Gasteiger partial charge < -0.3 is 5.73 Å². The highest BCUT2D eigenvalue weighted by Gasteiger charge is 2.11. The summed E-state index contributed by atoms with van der Waals surface area (Å²) in [7, 11) is 0. The number of nitrogens with zero attached hydrogens (tertiary/aromatic N) is 1. The molecule has 6 heteroatoms. The summed E-state index contributed by atoms with van der Waals surface area (Å²) in [5.74, 6) is 0.0967. The fourth-order valence-corrected chi connectivity index (χ4v) is 2.49. The third kappa shape index (κ3) is 3.24. The largest absolute Gasteiger partial charge is 0.398 e. The van der Waals surface area contributed by atoms with Crippen LogP contribution in [0.5, 0.6) is 0 Å². The summed E-state index contributed by atoms with van der Waals surface area (Å²) in [5.41, 5.74) is 7.48. The number of hydrogen-bond donors (Lipinski definition) is 2. The summed E-state index contributed by atoms with van der Waals surface area (Å²) >= 11 is 7.30. The van der Waals surface area contributed by atoms with Crippen molar-refractivity contribution < 1.29 is 4.79 Å². The molecule has 3 N–H and O–H groups in total. The van der Waals surface area contributed by atoms with Gasteiger partial charge in [-0.25, -0.2) is 4.98 Å². The number of aromatic nitrogens is 1. The highest BCUT2D eigenvalue weighted by molar-refractivity contribution is 7.14. The molecule has 19 heavy (non-hydrogen) atoms. The van der Waals surface area contributed by atoms with Gasteiger partial charge in [0, 0.05) is 10.9 Å². The average molecular weight is 296 g/mol. The van der Waals surface area contributed by atoms with E-state index in [0.717, 1.165) is 5.69 Å². The number of carbonyl (C=O) groups is 1. The fourth-order valence-electron chi connectivity index (χ4n) is 1.45. The Hall–Kier alpha value is -1.59. The van der Waals surface area contributed by atoms with Crippen molar-refractivity contribution in [1.82, 2.24) is 4.98 Å².